The number of methoxy groups -OCH3 is 1. The molecule has 1 unspecified atom stereocenters. The van der Waals surface area contributed by atoms with Crippen molar-refractivity contribution in [1.82, 2.24) is 10.2 Å². The van der Waals surface area contributed by atoms with Crippen LogP contribution < -0.4 is 10.1 Å². The normalized spacial score (nSPS) is 19.4. The third-order valence-corrected chi connectivity index (χ3v) is 3.49. The first kappa shape index (κ1) is 13.7. The van der Waals surface area contributed by atoms with Crippen molar-refractivity contribution in [3.05, 3.63) is 23.8 Å². The van der Waals surface area contributed by atoms with Gasteiger partial charge in [-0.1, -0.05) is 0 Å². The molecule has 1 aromatic carbocycles. The molecule has 5 heteroatoms. The van der Waals surface area contributed by atoms with E-state index >= 15 is 0 Å². The number of amides is 1. The second kappa shape index (κ2) is 5.93. The van der Waals surface area contributed by atoms with Gasteiger partial charge in [-0.2, -0.15) is 0 Å². The number of hydrogen-bond acceptors (Lipinski definition) is 4. The summed E-state index contributed by atoms with van der Waals surface area (Å²) in [5, 5.41) is 12.7. The smallest absolute Gasteiger partial charge is 0.255 e. The van der Waals surface area contributed by atoms with Crippen LogP contribution in [0.3, 0.4) is 0 Å². The molecule has 2 rings (SSSR count). The van der Waals surface area contributed by atoms with Crippen molar-refractivity contribution >= 4 is 5.91 Å². The van der Waals surface area contributed by atoms with Crippen molar-refractivity contribution in [3.63, 3.8) is 0 Å². The molecule has 2 N–H and O–H groups in total. The molecule has 5 nitrogen and oxygen atoms in total. The second-order valence-corrected chi connectivity index (χ2v) is 5.01. The van der Waals surface area contributed by atoms with Gasteiger partial charge in [0, 0.05) is 19.2 Å². The van der Waals surface area contributed by atoms with Gasteiger partial charge in [0.25, 0.3) is 5.91 Å². The summed E-state index contributed by atoms with van der Waals surface area (Å²) in [4.78, 5) is 14.2. The first-order valence-corrected chi connectivity index (χ1v) is 6.44. The molecule has 1 aromatic rings. The van der Waals surface area contributed by atoms with E-state index in [0.29, 0.717) is 18.2 Å². The Morgan fingerprint density at radius 3 is 2.95 bits per heavy atom. The number of carbonyl (C=O) groups excluding carboxylic acids is 1. The number of ether oxygens (including phenoxy) is 1. The van der Waals surface area contributed by atoms with Crippen LogP contribution in [0.25, 0.3) is 0 Å². The highest BCUT2D eigenvalue weighted by atomic mass is 16.5. The van der Waals surface area contributed by atoms with Crippen LogP contribution in [0.15, 0.2) is 18.2 Å². The highest BCUT2D eigenvalue weighted by Gasteiger charge is 2.20. The molecule has 0 aromatic heterocycles. The van der Waals surface area contributed by atoms with Crippen LogP contribution in [-0.4, -0.2) is 49.7 Å². The zero-order valence-electron chi connectivity index (χ0n) is 11.3. The highest BCUT2D eigenvalue weighted by molar-refractivity contribution is 5.97. The van der Waals surface area contributed by atoms with Gasteiger partial charge in [-0.05, 0) is 38.1 Å². The summed E-state index contributed by atoms with van der Waals surface area (Å²) in [5.74, 6) is 0.732. The van der Waals surface area contributed by atoms with Crippen LogP contribution in [-0.2, 0) is 0 Å². The molecule has 1 atom stereocenters. The zero-order chi connectivity index (χ0) is 13.8. The van der Waals surface area contributed by atoms with Crippen LogP contribution in [0.1, 0.15) is 16.8 Å². The number of nitrogens with one attached hydrogen (secondary N) is 1. The third-order valence-electron chi connectivity index (χ3n) is 3.49. The van der Waals surface area contributed by atoms with Gasteiger partial charge in [0.05, 0.1) is 12.7 Å². The van der Waals surface area contributed by atoms with Crippen LogP contribution >= 0.6 is 0 Å². The largest absolute Gasteiger partial charge is 0.507 e. The van der Waals surface area contributed by atoms with E-state index in [2.05, 4.69) is 17.3 Å². The monoisotopic (exact) mass is 264 g/mol. The van der Waals surface area contributed by atoms with Crippen molar-refractivity contribution in [1.29, 1.82) is 0 Å². The summed E-state index contributed by atoms with van der Waals surface area (Å²) in [6.07, 6.45) is 1.10. The fraction of sp³-hybridized carbons (Fsp3) is 0.500. The lowest BCUT2D eigenvalue weighted by atomic mass is 10.1. The predicted octanol–water partition coefficient (Wildman–Crippen LogP) is 1.08. The Morgan fingerprint density at radius 2 is 2.37 bits per heavy atom. The van der Waals surface area contributed by atoms with Gasteiger partial charge in [0.2, 0.25) is 0 Å². The van der Waals surface area contributed by atoms with Gasteiger partial charge in [-0.15, -0.1) is 0 Å². The van der Waals surface area contributed by atoms with Gasteiger partial charge >= 0.3 is 0 Å². The number of likely N-dealkylation sites (tertiary alicyclic amines) is 1. The van der Waals surface area contributed by atoms with Crippen LogP contribution in [0.2, 0.25) is 0 Å². The van der Waals surface area contributed by atoms with E-state index in [9.17, 15) is 9.90 Å². The maximum absolute atomic E-state index is 12.0. The van der Waals surface area contributed by atoms with Crippen molar-refractivity contribution in [2.45, 2.75) is 6.42 Å². The van der Waals surface area contributed by atoms with E-state index < -0.39 is 0 Å². The Labute approximate surface area is 113 Å². The molecule has 1 saturated heterocycles. The van der Waals surface area contributed by atoms with Crippen molar-refractivity contribution < 1.29 is 14.6 Å². The van der Waals surface area contributed by atoms with Crippen LogP contribution in [0, 0.1) is 5.92 Å². The lowest BCUT2D eigenvalue weighted by Gasteiger charge is -2.12. The number of phenols is 1. The average Bonchev–Trinajstić information content (AvgIpc) is 2.81. The minimum absolute atomic E-state index is 0.0552. The van der Waals surface area contributed by atoms with Gasteiger partial charge in [0.15, 0.2) is 0 Å². The molecule has 0 bridgehead atoms. The van der Waals surface area contributed by atoms with E-state index in [0.717, 1.165) is 19.5 Å². The molecule has 19 heavy (non-hydrogen) atoms. The summed E-state index contributed by atoms with van der Waals surface area (Å²) in [5.41, 5.74) is 0.284. The number of benzene rings is 1. The summed E-state index contributed by atoms with van der Waals surface area (Å²) in [6, 6.07) is 4.68. The van der Waals surface area contributed by atoms with E-state index in [-0.39, 0.29) is 17.2 Å². The first-order valence-electron chi connectivity index (χ1n) is 6.44. The van der Waals surface area contributed by atoms with E-state index in [1.54, 1.807) is 12.1 Å². The summed E-state index contributed by atoms with van der Waals surface area (Å²) < 4.78 is 4.99. The molecule has 0 radical (unpaired) electrons. The second-order valence-electron chi connectivity index (χ2n) is 5.01. The molecule has 0 spiro atoms. The predicted molar refractivity (Wildman–Crippen MR) is 72.6 cm³/mol. The van der Waals surface area contributed by atoms with E-state index in [1.807, 2.05) is 0 Å². The minimum atomic E-state index is -0.241. The number of rotatable bonds is 4. The summed E-state index contributed by atoms with van der Waals surface area (Å²) in [7, 11) is 3.60. The molecule has 1 fully saturated rings. The SMILES string of the molecule is COc1ccc(C(=O)NCC2CCN(C)C2)c(O)c1. The quantitative estimate of drug-likeness (QED) is 0.854. The van der Waals surface area contributed by atoms with Crippen LogP contribution in [0.5, 0.6) is 11.5 Å². The van der Waals surface area contributed by atoms with E-state index in [4.69, 9.17) is 4.74 Å². The topological polar surface area (TPSA) is 61.8 Å². The Balaban J connectivity index is 1.92. The van der Waals surface area contributed by atoms with Gasteiger partial charge in [-0.25, -0.2) is 0 Å². The molecule has 1 amide bonds. The fourth-order valence-corrected chi connectivity index (χ4v) is 2.36. The lowest BCUT2D eigenvalue weighted by molar-refractivity contribution is 0.0945. The van der Waals surface area contributed by atoms with Gasteiger partial charge in [0.1, 0.15) is 11.5 Å². The zero-order valence-corrected chi connectivity index (χ0v) is 11.3. The number of carbonyl (C=O) groups is 1. The molecule has 1 aliphatic rings. The minimum Gasteiger partial charge on any atom is -0.507 e. The molecule has 1 aliphatic heterocycles. The molecule has 104 valence electrons. The number of phenolic OH excluding ortho intramolecular Hbond substituents is 1. The Morgan fingerprint density at radius 1 is 1.58 bits per heavy atom. The molecule has 0 saturated carbocycles. The molecule has 0 aliphatic carbocycles. The average molecular weight is 264 g/mol. The molecular formula is C14H20N2O3. The number of nitrogens with zero attached hydrogens (tertiary/aromatic N) is 1. The fourth-order valence-electron chi connectivity index (χ4n) is 2.36. The van der Waals surface area contributed by atoms with Crippen LogP contribution in [0.4, 0.5) is 0 Å². The van der Waals surface area contributed by atoms with Gasteiger partial charge in [-0.3, -0.25) is 4.79 Å². The summed E-state index contributed by atoms with van der Waals surface area (Å²) in [6.45, 7) is 2.73. The Hall–Kier alpha value is -1.75. The van der Waals surface area contributed by atoms with E-state index in [1.165, 1.54) is 13.2 Å². The maximum atomic E-state index is 12.0. The number of aromatic hydroxyl groups is 1. The Bertz CT molecular complexity index is 462. The van der Waals surface area contributed by atoms with Crippen molar-refractivity contribution in [2.24, 2.45) is 5.92 Å². The van der Waals surface area contributed by atoms with Gasteiger partial charge < -0.3 is 20.1 Å². The van der Waals surface area contributed by atoms with Crippen molar-refractivity contribution in [3.8, 4) is 11.5 Å². The third kappa shape index (κ3) is 3.38. The standard InChI is InChI=1S/C14H20N2O3/c1-16-6-5-10(9-16)8-15-14(18)12-4-3-11(19-2)7-13(12)17/h3-4,7,10,17H,5-6,8-9H2,1-2H3,(H,15,18). The highest BCUT2D eigenvalue weighted by Crippen LogP contribution is 2.23. The Kier molecular flexibility index (Phi) is 4.27. The maximum Gasteiger partial charge on any atom is 0.255 e. The molecule has 1 heterocycles. The number of hydrogen-bond donors (Lipinski definition) is 2. The van der Waals surface area contributed by atoms with Crippen molar-refractivity contribution in [2.75, 3.05) is 33.8 Å². The first-order chi connectivity index (χ1) is 9.10. The molecular weight excluding hydrogens is 244 g/mol. The summed E-state index contributed by atoms with van der Waals surface area (Å²) >= 11 is 0. The lowest BCUT2D eigenvalue weighted by Crippen LogP contribution is -2.30.